The van der Waals surface area contributed by atoms with Crippen LogP contribution >= 0.6 is 11.3 Å². The smallest absolute Gasteiger partial charge is 0.317 e. The van der Waals surface area contributed by atoms with E-state index in [-0.39, 0.29) is 5.56 Å². The average Bonchev–Trinajstić information content (AvgIpc) is 3.21. The summed E-state index contributed by atoms with van der Waals surface area (Å²) in [4.78, 5) is 31.8. The number of para-hydroxylation sites is 1. The minimum absolute atomic E-state index is 0.203. The number of carbonyl (C=O) groups is 1. The van der Waals surface area contributed by atoms with Gasteiger partial charge in [-0.3, -0.25) is 14.2 Å². The Morgan fingerprint density at radius 1 is 1.08 bits per heavy atom. The molecule has 6 rings (SSSR count). The van der Waals surface area contributed by atoms with Crippen molar-refractivity contribution in [3.8, 4) is 11.5 Å². The Balaban J connectivity index is 1.38. The molecule has 8 heteroatoms. The van der Waals surface area contributed by atoms with Gasteiger partial charge in [0.05, 0.1) is 17.7 Å². The van der Waals surface area contributed by atoms with E-state index >= 15 is 0 Å². The number of esters is 1. The second-order valence-electron chi connectivity index (χ2n) is 9.16. The summed E-state index contributed by atoms with van der Waals surface area (Å²) in [6.45, 7) is 2.25. The normalized spacial score (nSPS) is 21.7. The highest BCUT2D eigenvalue weighted by Crippen LogP contribution is 2.47. The number of thiazole rings is 1. The predicted octanol–water partition coefficient (Wildman–Crippen LogP) is 3.44. The lowest BCUT2D eigenvalue weighted by Gasteiger charge is -2.44. The maximum atomic E-state index is 13.7. The molecule has 0 N–H and O–H groups in total. The van der Waals surface area contributed by atoms with Gasteiger partial charge in [-0.05, 0) is 42.3 Å². The van der Waals surface area contributed by atoms with Crippen molar-refractivity contribution >= 4 is 23.4 Å². The molecule has 0 spiro atoms. The highest BCUT2D eigenvalue weighted by Gasteiger charge is 2.55. The molecule has 0 aliphatic carbocycles. The van der Waals surface area contributed by atoms with Crippen LogP contribution < -0.4 is 24.4 Å². The van der Waals surface area contributed by atoms with Crippen LogP contribution in [0.5, 0.6) is 11.5 Å². The fourth-order valence-corrected chi connectivity index (χ4v) is 6.08. The summed E-state index contributed by atoms with van der Waals surface area (Å²) < 4.78 is 19.3. The molecule has 0 unspecified atom stereocenters. The zero-order valence-corrected chi connectivity index (χ0v) is 21.1. The first-order valence-electron chi connectivity index (χ1n) is 11.9. The van der Waals surface area contributed by atoms with E-state index in [4.69, 9.17) is 19.2 Å². The molecule has 0 fully saturated rings. The van der Waals surface area contributed by atoms with Gasteiger partial charge in [0.2, 0.25) is 5.72 Å². The van der Waals surface area contributed by atoms with Gasteiger partial charge < -0.3 is 14.2 Å². The molecule has 1 aromatic heterocycles. The number of rotatable bonds is 5. The minimum atomic E-state index is -1.18. The Morgan fingerprint density at radius 3 is 2.57 bits per heavy atom. The van der Waals surface area contributed by atoms with E-state index in [1.807, 2.05) is 84.9 Å². The van der Waals surface area contributed by atoms with E-state index in [1.54, 1.807) is 11.5 Å². The standard InChI is InChI=1S/C29H24N2O5S/c1-29-24(27(33)34-2)25(21-10-6-7-11-22(21)36-29)31-26(32)23(37-28(31)30-29)16-18-12-14-20(15-13-18)35-17-19-8-4-3-5-9-19/h3-16,24-25H,17H2,1-2H3/b23-16+/t24-,25-,29-/m1/s1. The van der Waals surface area contributed by atoms with Crippen LogP contribution in [0.4, 0.5) is 0 Å². The average molecular weight is 513 g/mol. The van der Waals surface area contributed by atoms with E-state index in [2.05, 4.69) is 0 Å². The van der Waals surface area contributed by atoms with Crippen LogP contribution in [0.2, 0.25) is 0 Å². The summed E-state index contributed by atoms with van der Waals surface area (Å²) in [6.07, 6.45) is 1.83. The van der Waals surface area contributed by atoms with Crippen molar-refractivity contribution in [1.82, 2.24) is 4.57 Å². The Kier molecular flexibility index (Phi) is 5.68. The number of fused-ring (bicyclic) bond motifs is 6. The zero-order valence-electron chi connectivity index (χ0n) is 20.3. The Bertz CT molecular complexity index is 1660. The number of nitrogens with zero attached hydrogens (tertiary/aromatic N) is 2. The van der Waals surface area contributed by atoms with Gasteiger partial charge in [0.15, 0.2) is 4.80 Å². The summed E-state index contributed by atoms with van der Waals surface area (Å²) in [7, 11) is 1.34. The minimum Gasteiger partial charge on any atom is -0.489 e. The van der Waals surface area contributed by atoms with Gasteiger partial charge >= 0.3 is 5.97 Å². The molecular weight excluding hydrogens is 488 g/mol. The molecule has 0 saturated carbocycles. The molecule has 4 aromatic rings. The van der Waals surface area contributed by atoms with Crippen LogP contribution in [0, 0.1) is 5.92 Å². The van der Waals surface area contributed by atoms with Crippen LogP contribution in [-0.2, 0) is 16.1 Å². The monoisotopic (exact) mass is 512 g/mol. The van der Waals surface area contributed by atoms with E-state index in [0.717, 1.165) is 22.4 Å². The van der Waals surface area contributed by atoms with E-state index in [0.29, 0.717) is 21.7 Å². The largest absolute Gasteiger partial charge is 0.489 e. The van der Waals surface area contributed by atoms with Crippen LogP contribution in [0.1, 0.15) is 29.7 Å². The zero-order chi connectivity index (χ0) is 25.6. The van der Waals surface area contributed by atoms with E-state index in [9.17, 15) is 9.59 Å². The lowest BCUT2D eigenvalue weighted by atomic mass is 9.81. The maximum absolute atomic E-state index is 13.7. The lowest BCUT2D eigenvalue weighted by molar-refractivity contribution is -0.158. The second-order valence-corrected chi connectivity index (χ2v) is 10.2. The van der Waals surface area contributed by atoms with Gasteiger partial charge in [-0.2, -0.15) is 0 Å². The Morgan fingerprint density at radius 2 is 1.81 bits per heavy atom. The molecule has 3 atom stereocenters. The van der Waals surface area contributed by atoms with Crippen molar-refractivity contribution in [1.29, 1.82) is 0 Å². The van der Waals surface area contributed by atoms with Crippen molar-refractivity contribution in [2.45, 2.75) is 25.3 Å². The first-order valence-corrected chi connectivity index (χ1v) is 12.7. The lowest BCUT2D eigenvalue weighted by Crippen LogP contribution is -2.58. The quantitative estimate of drug-likeness (QED) is 0.383. The summed E-state index contributed by atoms with van der Waals surface area (Å²) in [5, 5.41) is 0. The first kappa shape index (κ1) is 23.2. The van der Waals surface area contributed by atoms with Crippen molar-refractivity contribution < 1.29 is 19.0 Å². The Hall–Kier alpha value is -4.17. The van der Waals surface area contributed by atoms with Crippen molar-refractivity contribution in [3.63, 3.8) is 0 Å². The summed E-state index contributed by atoms with van der Waals surface area (Å²) >= 11 is 1.28. The highest BCUT2D eigenvalue weighted by molar-refractivity contribution is 7.07. The third-order valence-corrected chi connectivity index (χ3v) is 7.74. The third-order valence-electron chi connectivity index (χ3n) is 6.76. The second kappa shape index (κ2) is 9.05. The molecule has 37 heavy (non-hydrogen) atoms. The molecule has 0 amide bonds. The van der Waals surface area contributed by atoms with Gasteiger partial charge in [-0.25, -0.2) is 4.99 Å². The van der Waals surface area contributed by atoms with Gasteiger partial charge in [0, 0.05) is 5.56 Å². The van der Waals surface area contributed by atoms with Crippen LogP contribution in [0.15, 0.2) is 88.6 Å². The topological polar surface area (TPSA) is 79.1 Å². The maximum Gasteiger partial charge on any atom is 0.317 e. The molecule has 2 aliphatic heterocycles. The summed E-state index contributed by atoms with van der Waals surface area (Å²) in [5.74, 6) is 0.0982. The number of benzene rings is 3. The highest BCUT2D eigenvalue weighted by atomic mass is 32.1. The molecule has 2 aliphatic rings. The van der Waals surface area contributed by atoms with Crippen molar-refractivity contribution in [2.75, 3.05) is 7.11 Å². The van der Waals surface area contributed by atoms with Crippen LogP contribution in [0.25, 0.3) is 6.08 Å². The van der Waals surface area contributed by atoms with Gasteiger partial charge in [0.1, 0.15) is 24.0 Å². The number of methoxy groups -OCH3 is 1. The van der Waals surface area contributed by atoms with E-state index in [1.165, 1.54) is 18.4 Å². The molecule has 7 nitrogen and oxygen atoms in total. The molecule has 2 bridgehead atoms. The molecule has 3 aromatic carbocycles. The number of carbonyl (C=O) groups excluding carboxylic acids is 1. The fraction of sp³-hybridized carbons (Fsp3) is 0.207. The number of ether oxygens (including phenoxy) is 3. The number of hydrogen-bond acceptors (Lipinski definition) is 7. The summed E-state index contributed by atoms with van der Waals surface area (Å²) in [5.41, 5.74) is 1.33. The Labute approximate surface area is 216 Å². The number of hydrogen-bond donors (Lipinski definition) is 0. The van der Waals surface area contributed by atoms with Gasteiger partial charge in [-0.1, -0.05) is 72.0 Å². The molecule has 0 radical (unpaired) electrons. The molecule has 0 saturated heterocycles. The number of aromatic nitrogens is 1. The third kappa shape index (κ3) is 4.03. The molecule has 186 valence electrons. The van der Waals surface area contributed by atoms with Crippen molar-refractivity contribution in [2.24, 2.45) is 10.9 Å². The molecular formula is C29H24N2O5S. The SMILES string of the molecule is COC(=O)[C@H]1[C@H]2c3ccccc3O[C@@]1(C)N=c1s/c(=C/c3ccc(OCc4ccccc4)cc3)c(=O)n12. The fourth-order valence-electron chi connectivity index (χ4n) is 4.98. The first-order chi connectivity index (χ1) is 18.0. The predicted molar refractivity (Wildman–Crippen MR) is 139 cm³/mol. The van der Waals surface area contributed by atoms with Crippen LogP contribution in [-0.4, -0.2) is 23.4 Å². The van der Waals surface area contributed by atoms with Gasteiger partial charge in [0.25, 0.3) is 5.56 Å². The van der Waals surface area contributed by atoms with E-state index < -0.39 is 23.7 Å². The van der Waals surface area contributed by atoms with Crippen molar-refractivity contribution in [3.05, 3.63) is 115 Å². The summed E-state index contributed by atoms with van der Waals surface area (Å²) in [6, 6.07) is 24.4. The van der Waals surface area contributed by atoms with Gasteiger partial charge in [-0.15, -0.1) is 0 Å². The van der Waals surface area contributed by atoms with Crippen LogP contribution in [0.3, 0.4) is 0 Å². The molecule has 3 heterocycles.